The molecule has 0 amide bonds. The molecule has 4 rings (SSSR count). The number of hydrogen-bond donors (Lipinski definition) is 0. The molecule has 0 spiro atoms. The number of benzene rings is 2. The summed E-state index contributed by atoms with van der Waals surface area (Å²) in [6, 6.07) is 14.0. The SMILES string of the molecule is CC1(c2ccc(Cl)cc2)COc2c(cccc2C2CCN(Cl)CC2)O1. The first-order valence-corrected chi connectivity index (χ1v) is 9.38. The minimum Gasteiger partial charge on any atom is -0.485 e. The monoisotopic (exact) mass is 377 g/mol. The number of ether oxygens (including phenoxy) is 2. The van der Waals surface area contributed by atoms with E-state index in [0.29, 0.717) is 12.5 Å². The maximum absolute atomic E-state index is 6.39. The zero-order valence-corrected chi connectivity index (χ0v) is 15.7. The Balaban J connectivity index is 1.62. The van der Waals surface area contributed by atoms with Gasteiger partial charge in [0.25, 0.3) is 0 Å². The number of piperidine rings is 1. The smallest absolute Gasteiger partial charge is 0.165 e. The van der Waals surface area contributed by atoms with E-state index in [9.17, 15) is 0 Å². The predicted molar refractivity (Wildman–Crippen MR) is 101 cm³/mol. The second-order valence-corrected chi connectivity index (χ2v) is 7.90. The first kappa shape index (κ1) is 17.0. The molecule has 25 heavy (non-hydrogen) atoms. The number of halogens is 2. The fourth-order valence-corrected chi connectivity index (χ4v) is 4.00. The van der Waals surface area contributed by atoms with Crippen LogP contribution in [0.1, 0.15) is 36.8 Å². The van der Waals surface area contributed by atoms with Gasteiger partial charge in [0.1, 0.15) is 6.61 Å². The van der Waals surface area contributed by atoms with Crippen LogP contribution in [0.3, 0.4) is 0 Å². The molecule has 2 aliphatic heterocycles. The summed E-state index contributed by atoms with van der Waals surface area (Å²) in [6.45, 7) is 4.34. The van der Waals surface area contributed by atoms with Gasteiger partial charge < -0.3 is 9.47 Å². The Morgan fingerprint density at radius 2 is 1.80 bits per heavy atom. The van der Waals surface area contributed by atoms with Crippen LogP contribution in [0.25, 0.3) is 0 Å². The van der Waals surface area contributed by atoms with Gasteiger partial charge in [-0.15, -0.1) is 0 Å². The Bertz CT molecular complexity index is 757. The quantitative estimate of drug-likeness (QED) is 0.657. The first-order valence-electron chi connectivity index (χ1n) is 8.67. The van der Waals surface area contributed by atoms with Crippen LogP contribution >= 0.6 is 23.4 Å². The van der Waals surface area contributed by atoms with Gasteiger partial charge in [-0.3, -0.25) is 0 Å². The lowest BCUT2D eigenvalue weighted by molar-refractivity contribution is 0.00143. The lowest BCUT2D eigenvalue weighted by Crippen LogP contribution is -2.39. The number of fused-ring (bicyclic) bond motifs is 1. The van der Waals surface area contributed by atoms with Crippen LogP contribution in [0.4, 0.5) is 0 Å². The van der Waals surface area contributed by atoms with Crippen molar-refractivity contribution in [3.63, 3.8) is 0 Å². The minimum atomic E-state index is -0.518. The van der Waals surface area contributed by atoms with Gasteiger partial charge in [0.05, 0.1) is 0 Å². The number of hydrogen-bond acceptors (Lipinski definition) is 3. The van der Waals surface area contributed by atoms with Crippen molar-refractivity contribution < 1.29 is 9.47 Å². The van der Waals surface area contributed by atoms with E-state index in [4.69, 9.17) is 32.9 Å². The summed E-state index contributed by atoms with van der Waals surface area (Å²) in [7, 11) is 0. The lowest BCUT2D eigenvalue weighted by atomic mass is 9.88. The summed E-state index contributed by atoms with van der Waals surface area (Å²) in [5.41, 5.74) is 1.78. The molecule has 1 unspecified atom stereocenters. The van der Waals surface area contributed by atoms with Crippen molar-refractivity contribution in [2.45, 2.75) is 31.3 Å². The van der Waals surface area contributed by atoms with E-state index < -0.39 is 5.60 Å². The molecular formula is C20H21Cl2NO2. The van der Waals surface area contributed by atoms with Gasteiger partial charge in [0, 0.05) is 23.7 Å². The summed E-state index contributed by atoms with van der Waals surface area (Å²) in [5, 5.41) is 0.720. The lowest BCUT2D eigenvalue weighted by Gasteiger charge is -2.38. The van der Waals surface area contributed by atoms with Crippen LogP contribution in [0.15, 0.2) is 42.5 Å². The fraction of sp³-hybridized carbons (Fsp3) is 0.400. The second kappa shape index (κ2) is 6.71. The van der Waals surface area contributed by atoms with Crippen LogP contribution in [-0.2, 0) is 5.60 Å². The molecule has 0 bridgehead atoms. The molecule has 3 nitrogen and oxygen atoms in total. The molecule has 2 heterocycles. The third-order valence-electron chi connectivity index (χ3n) is 5.17. The van der Waals surface area contributed by atoms with Crippen molar-refractivity contribution in [3.8, 4) is 11.5 Å². The number of nitrogens with zero attached hydrogens (tertiary/aromatic N) is 1. The standard InChI is InChI=1S/C20H21Cl2NO2/c1-20(15-5-7-16(21)8-6-15)13-24-19-17(3-2-4-18(19)25-20)14-9-11-23(22)12-10-14/h2-8,14H,9-13H2,1H3. The zero-order valence-electron chi connectivity index (χ0n) is 14.2. The molecule has 0 N–H and O–H groups in total. The van der Waals surface area contributed by atoms with Crippen LogP contribution < -0.4 is 9.47 Å². The van der Waals surface area contributed by atoms with Crippen molar-refractivity contribution in [1.29, 1.82) is 0 Å². The molecule has 1 saturated heterocycles. The summed E-state index contributed by atoms with van der Waals surface area (Å²) in [5.74, 6) is 2.17. The molecule has 2 aromatic rings. The Morgan fingerprint density at radius 3 is 2.52 bits per heavy atom. The predicted octanol–water partition coefficient (Wildman–Crippen LogP) is 5.36. The molecule has 132 valence electrons. The summed E-state index contributed by atoms with van der Waals surface area (Å²) in [6.07, 6.45) is 2.08. The highest BCUT2D eigenvalue weighted by molar-refractivity contribution is 6.30. The topological polar surface area (TPSA) is 21.7 Å². The van der Waals surface area contributed by atoms with Crippen LogP contribution in [0.5, 0.6) is 11.5 Å². The molecule has 0 saturated carbocycles. The van der Waals surface area contributed by atoms with E-state index in [0.717, 1.165) is 48.0 Å². The molecule has 2 aliphatic rings. The highest BCUT2D eigenvalue weighted by Crippen LogP contribution is 2.45. The Hall–Kier alpha value is -1.42. The van der Waals surface area contributed by atoms with Crippen molar-refractivity contribution in [2.24, 2.45) is 0 Å². The first-order chi connectivity index (χ1) is 12.0. The third-order valence-corrected chi connectivity index (χ3v) is 5.76. The molecule has 0 aromatic heterocycles. The highest BCUT2D eigenvalue weighted by Gasteiger charge is 2.37. The summed E-state index contributed by atoms with van der Waals surface area (Å²) in [4.78, 5) is 0. The largest absolute Gasteiger partial charge is 0.485 e. The van der Waals surface area contributed by atoms with Crippen molar-refractivity contribution in [3.05, 3.63) is 58.6 Å². The normalized spacial score (nSPS) is 24.3. The van der Waals surface area contributed by atoms with E-state index in [-0.39, 0.29) is 0 Å². The van der Waals surface area contributed by atoms with E-state index in [1.165, 1.54) is 5.56 Å². The van der Waals surface area contributed by atoms with Crippen LogP contribution in [0.2, 0.25) is 5.02 Å². The van der Waals surface area contributed by atoms with Gasteiger partial charge in [-0.05, 0) is 61.2 Å². The average Bonchev–Trinajstić information content (AvgIpc) is 2.62. The average molecular weight is 378 g/mol. The molecule has 5 heteroatoms. The molecule has 0 aliphatic carbocycles. The number of para-hydroxylation sites is 1. The van der Waals surface area contributed by atoms with Gasteiger partial charge in [-0.25, -0.2) is 4.42 Å². The molecule has 1 atom stereocenters. The Labute approximate surface area is 158 Å². The van der Waals surface area contributed by atoms with E-state index in [2.05, 4.69) is 19.1 Å². The van der Waals surface area contributed by atoms with Crippen LogP contribution in [-0.4, -0.2) is 24.1 Å². The summed E-state index contributed by atoms with van der Waals surface area (Å²) >= 11 is 12.1. The van der Waals surface area contributed by atoms with Crippen molar-refractivity contribution >= 4 is 23.4 Å². The van der Waals surface area contributed by atoms with Gasteiger partial charge >= 0.3 is 0 Å². The molecule has 0 radical (unpaired) electrons. The van der Waals surface area contributed by atoms with Crippen molar-refractivity contribution in [2.75, 3.05) is 19.7 Å². The fourth-order valence-electron chi connectivity index (χ4n) is 3.67. The molecular weight excluding hydrogens is 357 g/mol. The van der Waals surface area contributed by atoms with Crippen molar-refractivity contribution in [1.82, 2.24) is 4.42 Å². The summed E-state index contributed by atoms with van der Waals surface area (Å²) < 4.78 is 14.5. The van der Waals surface area contributed by atoms with Gasteiger partial charge in [0.15, 0.2) is 17.1 Å². The molecule has 2 aromatic carbocycles. The van der Waals surface area contributed by atoms with E-state index in [1.807, 2.05) is 34.8 Å². The second-order valence-electron chi connectivity index (χ2n) is 6.99. The molecule has 1 fully saturated rings. The van der Waals surface area contributed by atoms with Gasteiger partial charge in [-0.2, -0.15) is 0 Å². The Morgan fingerprint density at radius 1 is 1.08 bits per heavy atom. The third kappa shape index (κ3) is 3.33. The van der Waals surface area contributed by atoms with Crippen LogP contribution in [0, 0.1) is 0 Å². The van der Waals surface area contributed by atoms with Gasteiger partial charge in [0.2, 0.25) is 0 Å². The number of rotatable bonds is 2. The Kier molecular flexibility index (Phi) is 4.57. The van der Waals surface area contributed by atoms with E-state index >= 15 is 0 Å². The maximum Gasteiger partial charge on any atom is 0.165 e. The highest BCUT2D eigenvalue weighted by atomic mass is 35.5. The minimum absolute atomic E-state index is 0.466. The zero-order chi connectivity index (χ0) is 17.4. The maximum atomic E-state index is 6.39. The van der Waals surface area contributed by atoms with E-state index in [1.54, 1.807) is 0 Å². The van der Waals surface area contributed by atoms with Gasteiger partial charge in [-0.1, -0.05) is 35.9 Å².